The molecule has 1 heterocycles. The van der Waals surface area contributed by atoms with E-state index in [4.69, 9.17) is 10.2 Å². The molecule has 0 bridgehead atoms. The Hall–Kier alpha value is -1.28. The van der Waals surface area contributed by atoms with Crippen LogP contribution in [0.2, 0.25) is 0 Å². The largest absolute Gasteiger partial charge is 0.459 e. The first-order valence-electron chi connectivity index (χ1n) is 6.69. The maximum Gasteiger partial charge on any atom is 0.134 e. The maximum atomic E-state index is 6.24. The average molecular weight is 245 g/mol. The second-order valence-corrected chi connectivity index (χ2v) is 6.11. The molecule has 2 aromatic rings. The third-order valence-corrected chi connectivity index (χ3v) is 3.38. The molecule has 1 atom stereocenters. The van der Waals surface area contributed by atoms with Crippen LogP contribution in [-0.2, 0) is 6.42 Å². The predicted molar refractivity (Wildman–Crippen MR) is 76.6 cm³/mol. The lowest BCUT2D eigenvalue weighted by molar-refractivity contribution is 0.290. The number of nitrogens with two attached hydrogens (primary N) is 1. The molecule has 0 aliphatic carbocycles. The van der Waals surface area contributed by atoms with E-state index < -0.39 is 0 Å². The lowest BCUT2D eigenvalue weighted by Crippen LogP contribution is -2.25. The van der Waals surface area contributed by atoms with Crippen molar-refractivity contribution < 1.29 is 4.42 Å². The summed E-state index contributed by atoms with van der Waals surface area (Å²) >= 11 is 0. The van der Waals surface area contributed by atoms with Crippen molar-refractivity contribution in [2.24, 2.45) is 11.1 Å². The predicted octanol–water partition coefficient (Wildman–Crippen LogP) is 4.43. The zero-order chi connectivity index (χ0) is 13.3. The number of furan rings is 1. The third-order valence-electron chi connectivity index (χ3n) is 3.38. The second-order valence-electron chi connectivity index (χ2n) is 6.11. The zero-order valence-corrected chi connectivity index (χ0v) is 11.8. The molecule has 0 aliphatic heterocycles. The molecule has 1 aromatic carbocycles. The molecule has 2 rings (SSSR count). The van der Waals surface area contributed by atoms with Crippen molar-refractivity contribution in [3.8, 4) is 0 Å². The molecule has 2 heteroatoms. The molecule has 1 unspecified atom stereocenters. The SMILES string of the molecule is CCCc1ccc2oc(C(N)C(C)(C)C)cc2c1. The Balaban J connectivity index is 2.38. The van der Waals surface area contributed by atoms with E-state index in [1.807, 2.05) is 0 Å². The van der Waals surface area contributed by atoms with Gasteiger partial charge >= 0.3 is 0 Å². The highest BCUT2D eigenvalue weighted by molar-refractivity contribution is 5.78. The van der Waals surface area contributed by atoms with Crippen LogP contribution in [0.1, 0.15) is 51.5 Å². The fraction of sp³-hybridized carbons (Fsp3) is 0.500. The molecule has 0 radical (unpaired) electrons. The first kappa shape index (κ1) is 13.2. The van der Waals surface area contributed by atoms with Gasteiger partial charge < -0.3 is 10.2 Å². The smallest absolute Gasteiger partial charge is 0.134 e. The molecule has 0 fully saturated rings. The maximum absolute atomic E-state index is 6.24. The number of hydrogen-bond donors (Lipinski definition) is 1. The van der Waals surface area contributed by atoms with Gasteiger partial charge in [-0.25, -0.2) is 0 Å². The van der Waals surface area contributed by atoms with Gasteiger partial charge in [-0.3, -0.25) is 0 Å². The molecule has 2 nitrogen and oxygen atoms in total. The van der Waals surface area contributed by atoms with Crippen molar-refractivity contribution in [2.75, 3.05) is 0 Å². The van der Waals surface area contributed by atoms with Gasteiger partial charge in [-0.2, -0.15) is 0 Å². The first-order valence-corrected chi connectivity index (χ1v) is 6.69. The van der Waals surface area contributed by atoms with Gasteiger partial charge in [0.1, 0.15) is 11.3 Å². The summed E-state index contributed by atoms with van der Waals surface area (Å²) in [5, 5.41) is 1.16. The van der Waals surface area contributed by atoms with Crippen molar-refractivity contribution in [1.29, 1.82) is 0 Å². The number of rotatable bonds is 3. The number of hydrogen-bond acceptors (Lipinski definition) is 2. The summed E-state index contributed by atoms with van der Waals surface area (Å²) in [5.74, 6) is 0.881. The van der Waals surface area contributed by atoms with E-state index in [1.54, 1.807) is 0 Å². The van der Waals surface area contributed by atoms with Crippen molar-refractivity contribution in [3.63, 3.8) is 0 Å². The fourth-order valence-electron chi connectivity index (χ4n) is 2.14. The normalized spacial score (nSPS) is 14.1. The van der Waals surface area contributed by atoms with Crippen LogP contribution in [0.4, 0.5) is 0 Å². The molecule has 0 saturated heterocycles. The minimum Gasteiger partial charge on any atom is -0.459 e. The number of fused-ring (bicyclic) bond motifs is 1. The Morgan fingerprint density at radius 2 is 1.94 bits per heavy atom. The Kier molecular flexibility index (Phi) is 3.49. The molecule has 1 aromatic heterocycles. The van der Waals surface area contributed by atoms with Gasteiger partial charge in [0, 0.05) is 5.39 Å². The van der Waals surface area contributed by atoms with Crippen molar-refractivity contribution in [2.45, 2.75) is 46.6 Å². The molecule has 18 heavy (non-hydrogen) atoms. The van der Waals surface area contributed by atoms with Crippen LogP contribution < -0.4 is 5.73 Å². The minimum absolute atomic E-state index is 0.0140. The summed E-state index contributed by atoms with van der Waals surface area (Å²) in [4.78, 5) is 0. The van der Waals surface area contributed by atoms with E-state index in [2.05, 4.69) is 52.0 Å². The van der Waals surface area contributed by atoms with Crippen LogP contribution in [0.15, 0.2) is 28.7 Å². The van der Waals surface area contributed by atoms with E-state index in [0.29, 0.717) is 0 Å². The van der Waals surface area contributed by atoms with Gasteiger partial charge in [0.2, 0.25) is 0 Å². The molecule has 98 valence electrons. The summed E-state index contributed by atoms with van der Waals surface area (Å²) in [6.07, 6.45) is 2.28. The summed E-state index contributed by atoms with van der Waals surface area (Å²) in [6, 6.07) is 8.42. The Labute approximate surface area is 109 Å². The molecule has 2 N–H and O–H groups in total. The van der Waals surface area contributed by atoms with Crippen LogP contribution in [-0.4, -0.2) is 0 Å². The van der Waals surface area contributed by atoms with Gasteiger partial charge in [0.15, 0.2) is 0 Å². The van der Waals surface area contributed by atoms with Crippen LogP contribution in [0.25, 0.3) is 11.0 Å². The van der Waals surface area contributed by atoms with Gasteiger partial charge in [0.25, 0.3) is 0 Å². The van der Waals surface area contributed by atoms with E-state index in [0.717, 1.165) is 29.6 Å². The Bertz CT molecular complexity index is 534. The lowest BCUT2D eigenvalue weighted by Gasteiger charge is -2.24. The van der Waals surface area contributed by atoms with Crippen molar-refractivity contribution in [1.82, 2.24) is 0 Å². The topological polar surface area (TPSA) is 39.2 Å². The summed E-state index contributed by atoms with van der Waals surface area (Å²) in [7, 11) is 0. The molecule has 0 saturated carbocycles. The number of aryl methyl sites for hydroxylation is 1. The second kappa shape index (κ2) is 4.77. The molecule has 0 spiro atoms. The third kappa shape index (κ3) is 2.59. The fourth-order valence-corrected chi connectivity index (χ4v) is 2.14. The Morgan fingerprint density at radius 3 is 2.56 bits per heavy atom. The number of benzene rings is 1. The van der Waals surface area contributed by atoms with Crippen molar-refractivity contribution >= 4 is 11.0 Å². The standard InChI is InChI=1S/C16H23NO/c1-5-6-11-7-8-13-12(9-11)10-14(18-13)15(17)16(2,3)4/h7-10,15H,5-6,17H2,1-4H3. The van der Waals surface area contributed by atoms with Gasteiger partial charge in [0.05, 0.1) is 6.04 Å². The first-order chi connectivity index (χ1) is 8.41. The van der Waals surface area contributed by atoms with Crippen LogP contribution in [0, 0.1) is 5.41 Å². The Morgan fingerprint density at radius 1 is 1.22 bits per heavy atom. The quantitative estimate of drug-likeness (QED) is 0.868. The summed E-state index contributed by atoms with van der Waals surface area (Å²) < 4.78 is 5.86. The zero-order valence-electron chi connectivity index (χ0n) is 11.8. The van der Waals surface area contributed by atoms with Crippen LogP contribution in [0.5, 0.6) is 0 Å². The highest BCUT2D eigenvalue weighted by Gasteiger charge is 2.25. The van der Waals surface area contributed by atoms with E-state index in [1.165, 1.54) is 5.56 Å². The van der Waals surface area contributed by atoms with Gasteiger partial charge in [-0.05, 0) is 35.6 Å². The van der Waals surface area contributed by atoms with E-state index in [9.17, 15) is 0 Å². The molecular formula is C16H23NO. The van der Waals surface area contributed by atoms with Gasteiger partial charge in [-0.15, -0.1) is 0 Å². The molecule has 0 aliphatic rings. The highest BCUT2D eigenvalue weighted by Crippen LogP contribution is 2.33. The van der Waals surface area contributed by atoms with Gasteiger partial charge in [-0.1, -0.05) is 40.2 Å². The summed E-state index contributed by atoms with van der Waals surface area (Å²) in [5.41, 5.74) is 8.55. The van der Waals surface area contributed by atoms with Crippen LogP contribution in [0.3, 0.4) is 0 Å². The minimum atomic E-state index is -0.0699. The van der Waals surface area contributed by atoms with E-state index in [-0.39, 0.29) is 11.5 Å². The average Bonchev–Trinajstić information content (AvgIpc) is 2.70. The highest BCUT2D eigenvalue weighted by atomic mass is 16.3. The summed E-state index contributed by atoms with van der Waals surface area (Å²) in [6.45, 7) is 8.59. The molecular weight excluding hydrogens is 222 g/mol. The lowest BCUT2D eigenvalue weighted by atomic mass is 9.86. The van der Waals surface area contributed by atoms with Crippen molar-refractivity contribution in [3.05, 3.63) is 35.6 Å². The molecule has 0 amide bonds. The van der Waals surface area contributed by atoms with Crippen LogP contribution >= 0.6 is 0 Å². The van der Waals surface area contributed by atoms with E-state index >= 15 is 0 Å². The monoisotopic (exact) mass is 245 g/mol.